The third kappa shape index (κ3) is 5.93. The topological polar surface area (TPSA) is 288 Å². The van der Waals surface area contributed by atoms with Gasteiger partial charge in [-0.3, -0.25) is 23.4 Å². The summed E-state index contributed by atoms with van der Waals surface area (Å²) in [5.41, 5.74) is 4.60. The number of phosphoric acid groups is 3. The van der Waals surface area contributed by atoms with E-state index in [1.165, 1.54) is 0 Å². The molecule has 8 N–H and O–H groups in total. The molecule has 0 amide bonds. The minimum atomic E-state index is -5.62. The smallest absolute Gasteiger partial charge is 0.387 e. The number of nitrogens with two attached hydrogens (primary N) is 1. The maximum atomic E-state index is 12.4. The second kappa shape index (κ2) is 9.24. The third-order valence-corrected chi connectivity index (χ3v) is 8.31. The SMILES string of the molecule is COP(=O)(OC[C@H]1O[C@@H](n2cnc3c(=O)[nH]c(N)nc32)[C@@H](O)[C@H]1O)OP(=O)(O)OP(=O)(O)O. The molecule has 22 heteroatoms. The van der Waals surface area contributed by atoms with Crippen LogP contribution in [0.15, 0.2) is 11.1 Å². The highest BCUT2D eigenvalue weighted by molar-refractivity contribution is 7.66. The van der Waals surface area contributed by atoms with Crippen LogP contribution >= 0.6 is 23.5 Å². The zero-order chi connectivity index (χ0) is 24.8. The molecule has 0 saturated carbocycles. The largest absolute Gasteiger partial charge is 0.490 e. The summed E-state index contributed by atoms with van der Waals surface area (Å²) in [5, 5.41) is 20.6. The summed E-state index contributed by atoms with van der Waals surface area (Å²) in [7, 11) is -15.4. The molecule has 2 aromatic rings. The molecule has 2 aromatic heterocycles. The average Bonchev–Trinajstić information content (AvgIpc) is 3.20. The number of aromatic amines is 1. The van der Waals surface area contributed by atoms with Crippen LogP contribution in [0, 0.1) is 0 Å². The fourth-order valence-electron chi connectivity index (χ4n) is 2.78. The van der Waals surface area contributed by atoms with E-state index in [1.807, 2.05) is 0 Å². The molecule has 0 aromatic carbocycles. The molecule has 6 atom stereocenters. The number of anilines is 1. The van der Waals surface area contributed by atoms with Gasteiger partial charge in [-0.15, -0.1) is 0 Å². The standard InChI is InChI=1S/C11H18N5O14P3/c1-26-33(25,30-32(23,24)29-31(20,21)22)27-2-4-6(17)7(18)10(28-4)16-3-13-5-8(16)14-11(12)15-9(5)19/h3-4,6-7,10,17-18H,2H2,1H3,(H,23,24)(H2,20,21,22)(H3,12,14,15,19)/t4-,6+,7+,10-,33?/m1/s1. The van der Waals surface area contributed by atoms with Crippen molar-refractivity contribution in [3.63, 3.8) is 0 Å². The van der Waals surface area contributed by atoms with Gasteiger partial charge < -0.3 is 35.4 Å². The van der Waals surface area contributed by atoms with Gasteiger partial charge in [0.15, 0.2) is 17.4 Å². The van der Waals surface area contributed by atoms with E-state index >= 15 is 0 Å². The van der Waals surface area contributed by atoms with Crippen molar-refractivity contribution in [1.29, 1.82) is 0 Å². The number of ether oxygens (including phenoxy) is 1. The van der Waals surface area contributed by atoms with E-state index < -0.39 is 60.2 Å². The van der Waals surface area contributed by atoms with Gasteiger partial charge in [0.25, 0.3) is 5.56 Å². The molecule has 1 saturated heterocycles. The van der Waals surface area contributed by atoms with Crippen LogP contribution < -0.4 is 11.3 Å². The van der Waals surface area contributed by atoms with Crippen molar-refractivity contribution >= 4 is 40.6 Å². The first-order valence-corrected chi connectivity index (χ1v) is 13.0. The van der Waals surface area contributed by atoms with Gasteiger partial charge in [0.05, 0.1) is 12.9 Å². The molecule has 0 bridgehead atoms. The maximum Gasteiger partial charge on any atom is 0.490 e. The number of H-pyrrole nitrogens is 1. The lowest BCUT2D eigenvalue weighted by Gasteiger charge is -2.21. The van der Waals surface area contributed by atoms with Crippen molar-refractivity contribution in [3.05, 3.63) is 16.7 Å². The van der Waals surface area contributed by atoms with Gasteiger partial charge in [0.2, 0.25) is 5.95 Å². The first-order valence-electron chi connectivity index (χ1n) is 8.50. The fraction of sp³-hybridized carbons (Fsp3) is 0.545. The van der Waals surface area contributed by atoms with Gasteiger partial charge in [0.1, 0.15) is 18.3 Å². The quantitative estimate of drug-likeness (QED) is 0.176. The molecule has 33 heavy (non-hydrogen) atoms. The van der Waals surface area contributed by atoms with Crippen LogP contribution in [0.1, 0.15) is 6.23 Å². The number of aliphatic hydroxyl groups is 2. The molecule has 3 heterocycles. The van der Waals surface area contributed by atoms with Crippen molar-refractivity contribution in [2.24, 2.45) is 0 Å². The summed E-state index contributed by atoms with van der Waals surface area (Å²) in [6, 6.07) is 0. The number of nitrogens with one attached hydrogen (secondary N) is 1. The fourth-order valence-corrected chi connectivity index (χ4v) is 6.14. The summed E-state index contributed by atoms with van der Waals surface area (Å²) >= 11 is 0. The van der Waals surface area contributed by atoms with Crippen LogP contribution in [0.2, 0.25) is 0 Å². The Hall–Kier alpha value is -1.56. The van der Waals surface area contributed by atoms with Crippen LogP contribution in [0.5, 0.6) is 0 Å². The van der Waals surface area contributed by atoms with Crippen LogP contribution in [0.3, 0.4) is 0 Å². The number of aromatic nitrogens is 4. The van der Waals surface area contributed by atoms with Crippen molar-refractivity contribution in [1.82, 2.24) is 19.5 Å². The average molecular weight is 537 g/mol. The Morgan fingerprint density at radius 1 is 1.21 bits per heavy atom. The first-order chi connectivity index (χ1) is 15.1. The molecule has 0 radical (unpaired) electrons. The molecule has 1 aliphatic rings. The minimum Gasteiger partial charge on any atom is -0.387 e. The minimum absolute atomic E-state index is 0.0873. The van der Waals surface area contributed by atoms with E-state index in [4.69, 9.17) is 24.8 Å². The molecule has 19 nitrogen and oxygen atoms in total. The monoisotopic (exact) mass is 537 g/mol. The van der Waals surface area contributed by atoms with E-state index in [1.54, 1.807) is 0 Å². The Kier molecular flexibility index (Phi) is 7.29. The summed E-state index contributed by atoms with van der Waals surface area (Å²) in [6.07, 6.45) is -5.08. The van der Waals surface area contributed by atoms with E-state index in [0.29, 0.717) is 7.11 Å². The number of hydrogen-bond donors (Lipinski definition) is 7. The van der Waals surface area contributed by atoms with E-state index in [2.05, 4.69) is 28.1 Å². The van der Waals surface area contributed by atoms with Crippen LogP contribution in [0.25, 0.3) is 11.2 Å². The predicted octanol–water partition coefficient (Wildman–Crippen LogP) is -1.68. The van der Waals surface area contributed by atoms with Crippen molar-refractivity contribution < 1.29 is 61.0 Å². The van der Waals surface area contributed by atoms with Crippen LogP contribution in [-0.4, -0.2) is 76.4 Å². The normalized spacial score (nSPS) is 27.5. The van der Waals surface area contributed by atoms with Crippen molar-refractivity contribution in [2.75, 3.05) is 19.5 Å². The van der Waals surface area contributed by atoms with Gasteiger partial charge in [-0.1, -0.05) is 0 Å². The molecule has 0 spiro atoms. The van der Waals surface area contributed by atoms with Gasteiger partial charge >= 0.3 is 23.5 Å². The van der Waals surface area contributed by atoms with Gasteiger partial charge in [-0.2, -0.15) is 13.6 Å². The Morgan fingerprint density at radius 3 is 2.48 bits per heavy atom. The highest BCUT2D eigenvalue weighted by Gasteiger charge is 2.47. The number of aliphatic hydroxyl groups excluding tert-OH is 2. The molecule has 1 aliphatic heterocycles. The summed E-state index contributed by atoms with van der Waals surface area (Å²) in [5.74, 6) is -0.258. The Morgan fingerprint density at radius 2 is 1.88 bits per heavy atom. The molecule has 0 aliphatic carbocycles. The number of hydrogen-bond acceptors (Lipinski definition) is 14. The third-order valence-electron chi connectivity index (χ3n) is 4.10. The van der Waals surface area contributed by atoms with E-state index in [-0.39, 0.29) is 17.1 Å². The molecule has 186 valence electrons. The molecule has 2 unspecified atom stereocenters. The Balaban J connectivity index is 1.75. The summed E-state index contributed by atoms with van der Waals surface area (Å²) in [6.45, 7) is -0.876. The second-order valence-corrected chi connectivity index (χ2v) is 11.1. The van der Waals surface area contributed by atoms with Crippen LogP contribution in [0.4, 0.5) is 5.95 Å². The summed E-state index contributed by atoms with van der Waals surface area (Å²) < 4.78 is 58.0. The number of imidazole rings is 1. The molecular weight excluding hydrogens is 519 g/mol. The summed E-state index contributed by atoms with van der Waals surface area (Å²) in [4.78, 5) is 48.4. The number of rotatable bonds is 9. The van der Waals surface area contributed by atoms with Gasteiger partial charge in [0, 0.05) is 7.11 Å². The van der Waals surface area contributed by atoms with Crippen molar-refractivity contribution in [2.45, 2.75) is 24.5 Å². The number of nitrogens with zero attached hydrogens (tertiary/aromatic N) is 3. The zero-order valence-corrected chi connectivity index (χ0v) is 18.9. The lowest BCUT2D eigenvalue weighted by Crippen LogP contribution is -2.33. The van der Waals surface area contributed by atoms with Crippen molar-refractivity contribution in [3.8, 4) is 0 Å². The Labute approximate surface area is 182 Å². The lowest BCUT2D eigenvalue weighted by atomic mass is 10.1. The lowest BCUT2D eigenvalue weighted by molar-refractivity contribution is -0.0508. The first kappa shape index (κ1) is 26.1. The van der Waals surface area contributed by atoms with Gasteiger partial charge in [-0.25, -0.2) is 18.7 Å². The molecule has 3 rings (SSSR count). The highest BCUT2D eigenvalue weighted by atomic mass is 31.3. The number of phosphoric ester groups is 1. The molecule has 1 fully saturated rings. The predicted molar refractivity (Wildman–Crippen MR) is 103 cm³/mol. The van der Waals surface area contributed by atoms with Gasteiger partial charge in [-0.05, 0) is 0 Å². The van der Waals surface area contributed by atoms with E-state index in [9.17, 15) is 33.6 Å². The molecular formula is C11H18N5O14P3. The van der Waals surface area contributed by atoms with Crippen LogP contribution in [-0.2, 0) is 36.1 Å². The highest BCUT2D eigenvalue weighted by Crippen LogP contribution is 2.68. The maximum absolute atomic E-state index is 12.4. The number of fused-ring (bicyclic) bond motifs is 1. The van der Waals surface area contributed by atoms with E-state index in [0.717, 1.165) is 10.9 Å². The second-order valence-electron chi connectivity index (χ2n) is 6.37. The Bertz CT molecular complexity index is 1230. The zero-order valence-electron chi connectivity index (χ0n) is 16.3. The number of nitrogen functional groups attached to an aromatic ring is 1.